The summed E-state index contributed by atoms with van der Waals surface area (Å²) < 4.78 is 63.7. The zero-order valence-corrected chi connectivity index (χ0v) is 21.6. The minimum atomic E-state index is -4.51. The molecule has 1 aromatic carbocycles. The number of alkyl halides is 3. The molecule has 5 rings (SSSR count). The van der Waals surface area contributed by atoms with E-state index in [9.17, 15) is 22.7 Å². The van der Waals surface area contributed by atoms with E-state index >= 15 is 0 Å². The van der Waals surface area contributed by atoms with Gasteiger partial charge in [-0.05, 0) is 44.0 Å². The third-order valence-corrected chi connectivity index (χ3v) is 6.20. The van der Waals surface area contributed by atoms with Crippen molar-refractivity contribution in [2.45, 2.75) is 44.1 Å². The molecule has 1 aliphatic heterocycles. The number of hydrogen-bond donors (Lipinski definition) is 3. The van der Waals surface area contributed by atoms with Crippen molar-refractivity contribution in [1.82, 2.24) is 24.5 Å². The molecule has 0 aliphatic carbocycles. The Morgan fingerprint density at radius 3 is 2.55 bits per heavy atom. The fourth-order valence-corrected chi connectivity index (χ4v) is 4.56. The number of nitrogens with zero attached hydrogens (tertiary/aromatic N) is 5. The van der Waals surface area contributed by atoms with Gasteiger partial charge in [-0.3, -0.25) is 14.1 Å². The number of benzene rings is 1. The Morgan fingerprint density at radius 1 is 1.20 bits per heavy atom. The number of carbonyl (C=O) groups is 1. The lowest BCUT2D eigenvalue weighted by atomic mass is 10.1. The van der Waals surface area contributed by atoms with Crippen LogP contribution >= 0.6 is 0 Å². The van der Waals surface area contributed by atoms with Gasteiger partial charge in [0.2, 0.25) is 0 Å². The van der Waals surface area contributed by atoms with Crippen LogP contribution in [0.5, 0.6) is 5.75 Å². The van der Waals surface area contributed by atoms with Gasteiger partial charge in [0.05, 0.1) is 5.60 Å². The van der Waals surface area contributed by atoms with E-state index in [1.165, 1.54) is 39.8 Å². The minimum Gasteiger partial charge on any atom is -0.488 e. The molecule has 1 aliphatic rings. The van der Waals surface area contributed by atoms with Gasteiger partial charge in [-0.2, -0.15) is 13.2 Å². The average molecular weight is 565 g/mol. The smallest absolute Gasteiger partial charge is 0.408 e. The molecular formula is C26H28F4N6O4. The molecule has 0 amide bonds. The number of rotatable bonds is 6. The normalized spacial score (nSPS) is 17.1. The van der Waals surface area contributed by atoms with Gasteiger partial charge in [-0.25, -0.2) is 9.37 Å². The summed E-state index contributed by atoms with van der Waals surface area (Å²) in [6.45, 7) is 3.14. The summed E-state index contributed by atoms with van der Waals surface area (Å²) in [5.74, 6) is -0.197. The molecule has 1 unspecified atom stereocenters. The maximum atomic E-state index is 14.2. The molecule has 14 heteroatoms. The zero-order chi connectivity index (χ0) is 29.2. The van der Waals surface area contributed by atoms with Crippen LogP contribution in [-0.2, 0) is 4.79 Å². The fourth-order valence-electron chi connectivity index (χ4n) is 4.56. The van der Waals surface area contributed by atoms with E-state index < -0.39 is 23.6 Å². The molecular weight excluding hydrogens is 536 g/mol. The first-order chi connectivity index (χ1) is 18.8. The number of hydrogen-bond acceptors (Lipinski definition) is 8. The third kappa shape index (κ3) is 6.46. The van der Waals surface area contributed by atoms with Gasteiger partial charge >= 0.3 is 6.18 Å². The van der Waals surface area contributed by atoms with Gasteiger partial charge in [-0.1, -0.05) is 12.1 Å². The Labute approximate surface area is 226 Å². The highest BCUT2D eigenvalue weighted by molar-refractivity contribution is 5.86. The van der Waals surface area contributed by atoms with Gasteiger partial charge in [0, 0.05) is 36.8 Å². The maximum absolute atomic E-state index is 14.2. The lowest BCUT2D eigenvalue weighted by molar-refractivity contribution is -0.183. The predicted molar refractivity (Wildman–Crippen MR) is 137 cm³/mol. The number of carboxylic acid groups (broad SMARTS) is 1. The van der Waals surface area contributed by atoms with Crippen molar-refractivity contribution in [3.63, 3.8) is 0 Å². The number of ether oxygens (including phenoxy) is 1. The first-order valence-electron chi connectivity index (χ1n) is 12.3. The number of aromatic nitrogens is 4. The molecule has 4 N–H and O–H groups in total. The number of halogens is 4. The van der Waals surface area contributed by atoms with Crippen molar-refractivity contribution in [1.29, 1.82) is 0 Å². The van der Waals surface area contributed by atoms with Crippen molar-refractivity contribution in [3.8, 4) is 17.3 Å². The summed E-state index contributed by atoms with van der Waals surface area (Å²) in [5.41, 5.74) is 5.72. The molecule has 2 atom stereocenters. The Balaban J connectivity index is 0.00000118. The SMILES string of the molecule is CC(C)(O)COc1cc(F)cc2ccc(-c3nnc4ccc([C@@H](N5CCC(N)C5)C(F)(F)F)cn34)nc12.O=CO. The zero-order valence-electron chi connectivity index (χ0n) is 21.6. The van der Waals surface area contributed by atoms with Crippen LogP contribution in [-0.4, -0.2) is 78.7 Å². The molecule has 4 aromatic rings. The van der Waals surface area contributed by atoms with Gasteiger partial charge in [0.15, 0.2) is 11.5 Å². The highest BCUT2D eigenvalue weighted by atomic mass is 19.4. The molecule has 1 saturated heterocycles. The van der Waals surface area contributed by atoms with Crippen LogP contribution in [0, 0.1) is 5.82 Å². The fraction of sp³-hybridized carbons (Fsp3) is 0.385. The van der Waals surface area contributed by atoms with E-state index in [0.717, 1.165) is 0 Å². The quantitative estimate of drug-likeness (QED) is 0.237. The summed E-state index contributed by atoms with van der Waals surface area (Å²) in [4.78, 5) is 14.3. The van der Waals surface area contributed by atoms with E-state index in [1.54, 1.807) is 26.0 Å². The van der Waals surface area contributed by atoms with Crippen LogP contribution in [0.2, 0.25) is 0 Å². The van der Waals surface area contributed by atoms with Crippen LogP contribution in [0.3, 0.4) is 0 Å². The van der Waals surface area contributed by atoms with Gasteiger partial charge < -0.3 is 20.7 Å². The summed E-state index contributed by atoms with van der Waals surface area (Å²) in [6.07, 6.45) is -2.65. The molecule has 0 radical (unpaired) electrons. The van der Waals surface area contributed by atoms with E-state index in [4.69, 9.17) is 20.4 Å². The summed E-state index contributed by atoms with van der Waals surface area (Å²) in [6, 6.07) is 6.41. The monoisotopic (exact) mass is 564 g/mol. The van der Waals surface area contributed by atoms with Crippen LogP contribution in [0.1, 0.15) is 31.9 Å². The summed E-state index contributed by atoms with van der Waals surface area (Å²) in [7, 11) is 0. The molecule has 4 heterocycles. The number of pyridine rings is 2. The van der Waals surface area contributed by atoms with Crippen molar-refractivity contribution in [2.75, 3.05) is 19.7 Å². The van der Waals surface area contributed by atoms with E-state index in [-0.39, 0.29) is 49.3 Å². The van der Waals surface area contributed by atoms with Crippen molar-refractivity contribution in [3.05, 3.63) is 54.0 Å². The second-order valence-electron chi connectivity index (χ2n) is 10.1. The largest absolute Gasteiger partial charge is 0.488 e. The Bertz CT molecular complexity index is 1500. The Hall–Kier alpha value is -3.88. The van der Waals surface area contributed by atoms with Crippen molar-refractivity contribution >= 4 is 23.0 Å². The molecule has 0 bridgehead atoms. The van der Waals surface area contributed by atoms with Crippen molar-refractivity contribution in [2.24, 2.45) is 5.73 Å². The van der Waals surface area contributed by atoms with Crippen molar-refractivity contribution < 1.29 is 37.3 Å². The summed E-state index contributed by atoms with van der Waals surface area (Å²) in [5, 5.41) is 25.6. The van der Waals surface area contributed by atoms with E-state index in [1.807, 2.05) is 0 Å². The second kappa shape index (κ2) is 11.3. The van der Waals surface area contributed by atoms with Crippen LogP contribution in [0.25, 0.3) is 28.1 Å². The topological polar surface area (TPSA) is 139 Å². The third-order valence-electron chi connectivity index (χ3n) is 6.20. The van der Waals surface area contributed by atoms with Crippen LogP contribution < -0.4 is 10.5 Å². The Kier molecular flexibility index (Phi) is 8.23. The minimum absolute atomic E-state index is 0.0345. The predicted octanol–water partition coefficient (Wildman–Crippen LogP) is 3.57. The number of likely N-dealkylation sites (tertiary alicyclic amines) is 1. The molecule has 0 spiro atoms. The highest BCUT2D eigenvalue weighted by Gasteiger charge is 2.46. The molecule has 40 heavy (non-hydrogen) atoms. The number of aliphatic hydroxyl groups is 1. The molecule has 3 aromatic heterocycles. The lowest BCUT2D eigenvalue weighted by Crippen LogP contribution is -2.38. The van der Waals surface area contributed by atoms with E-state index in [0.29, 0.717) is 28.7 Å². The molecule has 214 valence electrons. The van der Waals surface area contributed by atoms with E-state index in [2.05, 4.69) is 15.2 Å². The van der Waals surface area contributed by atoms with Gasteiger partial charge in [0.1, 0.15) is 35.4 Å². The number of fused-ring (bicyclic) bond motifs is 2. The second-order valence-corrected chi connectivity index (χ2v) is 10.1. The Morgan fingerprint density at radius 2 is 1.93 bits per heavy atom. The first-order valence-corrected chi connectivity index (χ1v) is 12.3. The van der Waals surface area contributed by atoms with Crippen LogP contribution in [0.15, 0.2) is 42.6 Å². The molecule has 0 saturated carbocycles. The lowest BCUT2D eigenvalue weighted by Gasteiger charge is -2.30. The highest BCUT2D eigenvalue weighted by Crippen LogP contribution is 2.39. The maximum Gasteiger partial charge on any atom is 0.408 e. The van der Waals surface area contributed by atoms with Crippen LogP contribution in [0.4, 0.5) is 17.6 Å². The van der Waals surface area contributed by atoms with Gasteiger partial charge in [0.25, 0.3) is 6.47 Å². The number of nitrogens with two attached hydrogens (primary N) is 1. The first kappa shape index (κ1) is 29.1. The summed E-state index contributed by atoms with van der Waals surface area (Å²) >= 11 is 0. The average Bonchev–Trinajstić information content (AvgIpc) is 3.47. The standard InChI is InChI=1S/C25H26F4N6O2.CH2O2/c1-24(2,36)13-37-19-10-16(26)9-14-3-5-18(31-21(14)19)23-33-32-20-6-4-15(11-35(20)23)22(25(27,28)29)34-8-7-17(30)12-34;2-1-3/h3-6,9-11,17,22,36H,7-8,12-13,30H2,1-2H3;1H,(H,2,3)/t17?,22-;/m1./s1. The van der Waals surface area contributed by atoms with Gasteiger partial charge in [-0.15, -0.1) is 10.2 Å². The molecule has 1 fully saturated rings. The molecule has 10 nitrogen and oxygen atoms in total.